The average molecular weight is 315 g/mol. The Kier molecular flexibility index (Phi) is 6.68. The van der Waals surface area contributed by atoms with E-state index in [1.807, 2.05) is 0 Å². The van der Waals surface area contributed by atoms with E-state index in [0.29, 0.717) is 6.04 Å². The second-order valence-electron chi connectivity index (χ2n) is 4.73. The topological polar surface area (TPSA) is 24.5 Å². The summed E-state index contributed by atoms with van der Waals surface area (Å²) in [5.74, 6) is 0. The molecule has 1 aromatic rings. The average Bonchev–Trinajstić information content (AvgIpc) is 2.34. The zero-order valence-electron chi connectivity index (χ0n) is 11.7. The summed E-state index contributed by atoms with van der Waals surface area (Å²) in [4.78, 5) is 2.19. The van der Waals surface area contributed by atoms with Crippen LogP contribution in [0.15, 0.2) is 22.7 Å². The number of rotatable bonds is 7. The van der Waals surface area contributed by atoms with E-state index in [9.17, 15) is 0 Å². The van der Waals surface area contributed by atoms with Crippen molar-refractivity contribution in [2.24, 2.45) is 0 Å². The molecule has 0 aromatic heterocycles. The van der Waals surface area contributed by atoms with E-state index < -0.39 is 0 Å². The van der Waals surface area contributed by atoms with Gasteiger partial charge in [0, 0.05) is 43.4 Å². The molecule has 0 amide bonds. The van der Waals surface area contributed by atoms with Crippen LogP contribution in [0.1, 0.15) is 19.4 Å². The van der Waals surface area contributed by atoms with Crippen molar-refractivity contribution in [3.05, 3.63) is 28.2 Å². The molecular formula is C14H23BrN2O. The Morgan fingerprint density at radius 1 is 1.39 bits per heavy atom. The predicted octanol–water partition coefficient (Wildman–Crippen LogP) is 3.03. The van der Waals surface area contributed by atoms with Crippen LogP contribution in [0.4, 0.5) is 5.69 Å². The standard InChI is InChI=1S/C14H23BrN2O/c1-11(2)16-10-12-5-6-13(9-14(12)15)17(3)7-8-18-4/h5-6,9,11,16H,7-8,10H2,1-4H3. The summed E-state index contributed by atoms with van der Waals surface area (Å²) < 4.78 is 6.24. The maximum absolute atomic E-state index is 5.09. The normalized spacial score (nSPS) is 11.0. The van der Waals surface area contributed by atoms with Crippen molar-refractivity contribution in [2.45, 2.75) is 26.4 Å². The molecule has 0 aliphatic carbocycles. The Balaban J connectivity index is 2.66. The van der Waals surface area contributed by atoms with Crippen molar-refractivity contribution in [1.29, 1.82) is 0 Å². The summed E-state index contributed by atoms with van der Waals surface area (Å²) in [6, 6.07) is 6.98. The molecule has 0 unspecified atom stereocenters. The molecule has 0 saturated heterocycles. The molecule has 1 rings (SSSR count). The zero-order valence-corrected chi connectivity index (χ0v) is 13.3. The first-order valence-corrected chi connectivity index (χ1v) is 7.05. The third-order valence-electron chi connectivity index (χ3n) is 2.81. The minimum Gasteiger partial charge on any atom is -0.383 e. The molecule has 0 aliphatic rings. The van der Waals surface area contributed by atoms with Gasteiger partial charge in [0.15, 0.2) is 0 Å². The van der Waals surface area contributed by atoms with Crippen molar-refractivity contribution < 1.29 is 4.74 Å². The van der Waals surface area contributed by atoms with Gasteiger partial charge in [-0.05, 0) is 17.7 Å². The van der Waals surface area contributed by atoms with Gasteiger partial charge in [-0.25, -0.2) is 0 Å². The molecule has 1 N–H and O–H groups in total. The molecule has 4 heteroatoms. The molecule has 0 fully saturated rings. The van der Waals surface area contributed by atoms with Crippen LogP contribution in [0.3, 0.4) is 0 Å². The van der Waals surface area contributed by atoms with Gasteiger partial charge in [0.25, 0.3) is 0 Å². The van der Waals surface area contributed by atoms with Gasteiger partial charge in [-0.2, -0.15) is 0 Å². The van der Waals surface area contributed by atoms with E-state index in [2.05, 4.69) is 65.2 Å². The molecule has 3 nitrogen and oxygen atoms in total. The van der Waals surface area contributed by atoms with Gasteiger partial charge in [-0.1, -0.05) is 35.8 Å². The summed E-state index contributed by atoms with van der Waals surface area (Å²) in [5, 5.41) is 3.42. The fourth-order valence-electron chi connectivity index (χ4n) is 1.59. The number of methoxy groups -OCH3 is 1. The summed E-state index contributed by atoms with van der Waals surface area (Å²) in [6.07, 6.45) is 0. The zero-order chi connectivity index (χ0) is 13.5. The lowest BCUT2D eigenvalue weighted by Gasteiger charge is -2.20. The fraction of sp³-hybridized carbons (Fsp3) is 0.571. The highest BCUT2D eigenvalue weighted by molar-refractivity contribution is 9.10. The Labute approximate surface area is 119 Å². The molecular weight excluding hydrogens is 292 g/mol. The first kappa shape index (κ1) is 15.5. The van der Waals surface area contributed by atoms with E-state index in [1.165, 1.54) is 11.3 Å². The monoisotopic (exact) mass is 314 g/mol. The number of anilines is 1. The molecule has 0 atom stereocenters. The summed E-state index contributed by atoms with van der Waals surface area (Å²) in [5.41, 5.74) is 2.49. The summed E-state index contributed by atoms with van der Waals surface area (Å²) in [7, 11) is 3.80. The second-order valence-corrected chi connectivity index (χ2v) is 5.58. The largest absolute Gasteiger partial charge is 0.383 e. The Bertz CT molecular complexity index is 369. The molecule has 1 aromatic carbocycles. The Morgan fingerprint density at radius 3 is 2.67 bits per heavy atom. The number of hydrogen-bond donors (Lipinski definition) is 1. The van der Waals surface area contributed by atoms with Crippen LogP contribution in [0.2, 0.25) is 0 Å². The minimum absolute atomic E-state index is 0.501. The molecule has 0 spiro atoms. The van der Waals surface area contributed by atoms with Gasteiger partial charge in [0.1, 0.15) is 0 Å². The van der Waals surface area contributed by atoms with Crippen molar-refractivity contribution in [1.82, 2.24) is 5.32 Å². The number of benzene rings is 1. The van der Waals surface area contributed by atoms with E-state index >= 15 is 0 Å². The highest BCUT2D eigenvalue weighted by atomic mass is 79.9. The molecule has 0 aliphatic heterocycles. The van der Waals surface area contributed by atoms with Gasteiger partial charge in [-0.3, -0.25) is 0 Å². The number of ether oxygens (including phenoxy) is 1. The van der Waals surface area contributed by atoms with Crippen molar-refractivity contribution in [3.63, 3.8) is 0 Å². The van der Waals surface area contributed by atoms with Crippen LogP contribution in [0.5, 0.6) is 0 Å². The number of likely N-dealkylation sites (N-methyl/N-ethyl adjacent to an activating group) is 1. The first-order chi connectivity index (χ1) is 8.54. The van der Waals surface area contributed by atoms with E-state index in [-0.39, 0.29) is 0 Å². The number of halogens is 1. The number of hydrogen-bond acceptors (Lipinski definition) is 3. The van der Waals surface area contributed by atoms with Crippen molar-refractivity contribution >= 4 is 21.6 Å². The van der Waals surface area contributed by atoms with Crippen LogP contribution in [0.25, 0.3) is 0 Å². The van der Waals surface area contributed by atoms with Crippen LogP contribution in [0, 0.1) is 0 Å². The highest BCUT2D eigenvalue weighted by Crippen LogP contribution is 2.23. The molecule has 0 radical (unpaired) electrons. The van der Waals surface area contributed by atoms with Crippen LogP contribution in [-0.4, -0.2) is 33.4 Å². The second kappa shape index (κ2) is 7.77. The van der Waals surface area contributed by atoms with Gasteiger partial charge in [-0.15, -0.1) is 0 Å². The lowest BCUT2D eigenvalue weighted by Crippen LogP contribution is -2.23. The van der Waals surface area contributed by atoms with Gasteiger partial charge in [0.05, 0.1) is 6.61 Å². The first-order valence-electron chi connectivity index (χ1n) is 6.26. The van der Waals surface area contributed by atoms with Crippen LogP contribution >= 0.6 is 15.9 Å². The minimum atomic E-state index is 0.501. The lowest BCUT2D eigenvalue weighted by molar-refractivity contribution is 0.206. The van der Waals surface area contributed by atoms with Crippen molar-refractivity contribution in [3.8, 4) is 0 Å². The highest BCUT2D eigenvalue weighted by Gasteiger charge is 2.05. The quantitative estimate of drug-likeness (QED) is 0.837. The Morgan fingerprint density at radius 2 is 2.11 bits per heavy atom. The fourth-order valence-corrected chi connectivity index (χ4v) is 2.10. The third kappa shape index (κ3) is 4.96. The molecule has 0 heterocycles. The van der Waals surface area contributed by atoms with E-state index in [1.54, 1.807) is 7.11 Å². The number of nitrogens with zero attached hydrogens (tertiary/aromatic N) is 1. The maximum atomic E-state index is 5.09. The van der Waals surface area contributed by atoms with Gasteiger partial charge in [0.2, 0.25) is 0 Å². The van der Waals surface area contributed by atoms with Crippen molar-refractivity contribution in [2.75, 3.05) is 32.2 Å². The van der Waals surface area contributed by atoms with Gasteiger partial charge < -0.3 is 15.0 Å². The SMILES string of the molecule is COCCN(C)c1ccc(CNC(C)C)c(Br)c1. The number of nitrogens with one attached hydrogen (secondary N) is 1. The molecule has 0 saturated carbocycles. The molecule has 18 heavy (non-hydrogen) atoms. The van der Waals surface area contributed by atoms with E-state index in [0.717, 1.165) is 24.2 Å². The smallest absolute Gasteiger partial charge is 0.0637 e. The summed E-state index contributed by atoms with van der Waals surface area (Å²) in [6.45, 7) is 6.83. The molecule has 102 valence electrons. The van der Waals surface area contributed by atoms with Gasteiger partial charge >= 0.3 is 0 Å². The third-order valence-corrected chi connectivity index (χ3v) is 3.55. The maximum Gasteiger partial charge on any atom is 0.0637 e. The predicted molar refractivity (Wildman–Crippen MR) is 81.3 cm³/mol. The lowest BCUT2D eigenvalue weighted by atomic mass is 10.2. The van der Waals surface area contributed by atoms with E-state index in [4.69, 9.17) is 4.74 Å². The summed E-state index contributed by atoms with van der Waals surface area (Å²) >= 11 is 3.64. The Hall–Kier alpha value is -0.580. The van der Waals surface area contributed by atoms with Crippen LogP contribution in [-0.2, 0) is 11.3 Å². The molecule has 0 bridgehead atoms. The van der Waals surface area contributed by atoms with Crippen LogP contribution < -0.4 is 10.2 Å².